The van der Waals surface area contributed by atoms with Gasteiger partial charge >= 0.3 is 0 Å². The number of aromatic nitrogens is 1. The molecule has 1 aliphatic rings. The zero-order chi connectivity index (χ0) is 14.7. The minimum Gasteiger partial charge on any atom is -0.339 e. The molecule has 1 amide bonds. The molecule has 1 aromatic heterocycles. The quantitative estimate of drug-likeness (QED) is 0.794. The molecule has 1 aromatic rings. The molecule has 1 fully saturated rings. The van der Waals surface area contributed by atoms with Gasteiger partial charge in [0.15, 0.2) is 0 Å². The Balaban J connectivity index is 1.96. The van der Waals surface area contributed by atoms with Gasteiger partial charge in [0.1, 0.15) is 4.60 Å². The summed E-state index contributed by atoms with van der Waals surface area (Å²) >= 11 is 3.29. The first-order chi connectivity index (χ1) is 9.49. The number of hydrogen-bond donors (Lipinski definition) is 0. The van der Waals surface area contributed by atoms with Crippen molar-refractivity contribution in [2.45, 2.75) is 38.8 Å². The number of piperidine rings is 1. The summed E-state index contributed by atoms with van der Waals surface area (Å²) < 4.78 is 0.752. The number of rotatable bonds is 3. The number of amides is 1. The highest BCUT2D eigenvalue weighted by Crippen LogP contribution is 2.19. The zero-order valence-electron chi connectivity index (χ0n) is 12.3. The van der Waals surface area contributed by atoms with Gasteiger partial charge in [-0.3, -0.25) is 4.79 Å². The number of likely N-dealkylation sites (tertiary alicyclic amines) is 1. The summed E-state index contributed by atoms with van der Waals surface area (Å²) in [5.74, 6) is 0.0630. The Bertz CT molecular complexity index is 453. The molecule has 0 bridgehead atoms. The number of nitrogens with zero attached hydrogens (tertiary/aromatic N) is 3. The van der Waals surface area contributed by atoms with Gasteiger partial charge in [-0.1, -0.05) is 0 Å². The molecule has 0 spiro atoms. The normalized spacial score (nSPS) is 17.4. The summed E-state index contributed by atoms with van der Waals surface area (Å²) in [6.45, 7) is 6.59. The van der Waals surface area contributed by atoms with Crippen LogP contribution in [-0.4, -0.2) is 52.9 Å². The van der Waals surface area contributed by atoms with E-state index in [9.17, 15) is 4.79 Å². The number of carbonyl (C=O) groups is 1. The molecule has 0 N–H and O–H groups in total. The van der Waals surface area contributed by atoms with E-state index in [0.29, 0.717) is 17.6 Å². The van der Waals surface area contributed by atoms with Gasteiger partial charge in [-0.05, 0) is 54.8 Å². The SMILES string of the molecule is CC(C)N1CCC(N(C)C(=O)c2ccc(Br)nc2)CC1. The van der Waals surface area contributed by atoms with Crippen molar-refractivity contribution in [2.24, 2.45) is 0 Å². The van der Waals surface area contributed by atoms with Crippen molar-refractivity contribution >= 4 is 21.8 Å². The van der Waals surface area contributed by atoms with Crippen molar-refractivity contribution in [3.05, 3.63) is 28.5 Å². The minimum absolute atomic E-state index is 0.0630. The molecule has 110 valence electrons. The number of hydrogen-bond acceptors (Lipinski definition) is 3. The van der Waals surface area contributed by atoms with Crippen molar-refractivity contribution in [1.29, 1.82) is 0 Å². The first kappa shape index (κ1) is 15.4. The second kappa shape index (κ2) is 6.68. The summed E-state index contributed by atoms with van der Waals surface area (Å²) in [6.07, 6.45) is 3.72. The predicted molar refractivity (Wildman–Crippen MR) is 83.8 cm³/mol. The van der Waals surface area contributed by atoms with Crippen LogP contribution in [0.5, 0.6) is 0 Å². The van der Waals surface area contributed by atoms with Crippen molar-refractivity contribution in [1.82, 2.24) is 14.8 Å². The van der Waals surface area contributed by atoms with Crippen LogP contribution in [0.2, 0.25) is 0 Å². The Morgan fingerprint density at radius 1 is 1.40 bits per heavy atom. The Morgan fingerprint density at radius 3 is 2.55 bits per heavy atom. The van der Waals surface area contributed by atoms with E-state index in [1.807, 2.05) is 24.1 Å². The van der Waals surface area contributed by atoms with E-state index in [4.69, 9.17) is 0 Å². The molecule has 0 unspecified atom stereocenters. The Labute approximate surface area is 129 Å². The van der Waals surface area contributed by atoms with E-state index in [-0.39, 0.29) is 5.91 Å². The van der Waals surface area contributed by atoms with Gasteiger partial charge in [-0.15, -0.1) is 0 Å². The maximum atomic E-state index is 12.4. The summed E-state index contributed by atoms with van der Waals surface area (Å²) in [7, 11) is 1.90. The topological polar surface area (TPSA) is 36.4 Å². The third kappa shape index (κ3) is 3.58. The van der Waals surface area contributed by atoms with Gasteiger partial charge < -0.3 is 9.80 Å². The van der Waals surface area contributed by atoms with Crippen molar-refractivity contribution < 1.29 is 4.79 Å². The van der Waals surface area contributed by atoms with Gasteiger partial charge in [0.2, 0.25) is 0 Å². The standard InChI is InChI=1S/C15H22BrN3O/c1-11(2)19-8-6-13(7-9-19)18(3)15(20)12-4-5-14(16)17-10-12/h4-5,10-11,13H,6-9H2,1-3H3. The Hall–Kier alpha value is -0.940. The van der Waals surface area contributed by atoms with Crippen LogP contribution in [-0.2, 0) is 0 Å². The van der Waals surface area contributed by atoms with Crippen LogP contribution >= 0.6 is 15.9 Å². The monoisotopic (exact) mass is 339 g/mol. The lowest BCUT2D eigenvalue weighted by Gasteiger charge is -2.38. The molecule has 1 saturated heterocycles. The highest BCUT2D eigenvalue weighted by Gasteiger charge is 2.26. The average Bonchev–Trinajstić information content (AvgIpc) is 2.46. The maximum absolute atomic E-state index is 12.4. The average molecular weight is 340 g/mol. The van der Waals surface area contributed by atoms with E-state index in [1.165, 1.54) is 0 Å². The van der Waals surface area contributed by atoms with Gasteiger partial charge in [0.25, 0.3) is 5.91 Å². The van der Waals surface area contributed by atoms with E-state index in [2.05, 4.69) is 39.7 Å². The Morgan fingerprint density at radius 2 is 2.05 bits per heavy atom. The van der Waals surface area contributed by atoms with E-state index in [0.717, 1.165) is 30.5 Å². The molecular weight excluding hydrogens is 318 g/mol. The molecule has 0 atom stereocenters. The van der Waals surface area contributed by atoms with E-state index >= 15 is 0 Å². The van der Waals surface area contributed by atoms with Crippen LogP contribution in [0.4, 0.5) is 0 Å². The van der Waals surface area contributed by atoms with E-state index in [1.54, 1.807) is 6.20 Å². The third-order valence-corrected chi connectivity index (χ3v) is 4.54. The highest BCUT2D eigenvalue weighted by molar-refractivity contribution is 9.10. The maximum Gasteiger partial charge on any atom is 0.255 e. The molecular formula is C15H22BrN3O. The van der Waals surface area contributed by atoms with Crippen LogP contribution in [0.3, 0.4) is 0 Å². The van der Waals surface area contributed by atoms with Gasteiger partial charge in [-0.25, -0.2) is 4.98 Å². The van der Waals surface area contributed by atoms with Crippen LogP contribution in [0.1, 0.15) is 37.0 Å². The van der Waals surface area contributed by atoms with Crippen molar-refractivity contribution in [3.63, 3.8) is 0 Å². The second-order valence-corrected chi connectivity index (χ2v) is 6.46. The lowest BCUT2D eigenvalue weighted by molar-refractivity contribution is 0.0615. The molecule has 5 heteroatoms. The van der Waals surface area contributed by atoms with Crippen LogP contribution in [0.25, 0.3) is 0 Å². The molecule has 2 rings (SSSR count). The molecule has 2 heterocycles. The fourth-order valence-electron chi connectivity index (χ4n) is 2.66. The second-order valence-electron chi connectivity index (χ2n) is 5.65. The van der Waals surface area contributed by atoms with Crippen molar-refractivity contribution in [3.8, 4) is 0 Å². The van der Waals surface area contributed by atoms with Gasteiger partial charge in [0, 0.05) is 38.4 Å². The number of carbonyl (C=O) groups excluding carboxylic acids is 1. The fourth-order valence-corrected chi connectivity index (χ4v) is 2.90. The summed E-state index contributed by atoms with van der Waals surface area (Å²) in [6, 6.07) is 4.55. The summed E-state index contributed by atoms with van der Waals surface area (Å²) in [4.78, 5) is 20.9. The van der Waals surface area contributed by atoms with Gasteiger partial charge in [-0.2, -0.15) is 0 Å². The molecule has 0 saturated carbocycles. The third-order valence-electron chi connectivity index (χ3n) is 4.07. The smallest absolute Gasteiger partial charge is 0.255 e. The lowest BCUT2D eigenvalue weighted by atomic mass is 10.0. The summed E-state index contributed by atoms with van der Waals surface area (Å²) in [5.41, 5.74) is 0.655. The first-order valence-electron chi connectivity index (χ1n) is 7.12. The van der Waals surface area contributed by atoms with Gasteiger partial charge in [0.05, 0.1) is 5.56 Å². The fraction of sp³-hybridized carbons (Fsp3) is 0.600. The molecule has 4 nitrogen and oxygen atoms in total. The summed E-state index contributed by atoms with van der Waals surface area (Å²) in [5, 5.41) is 0. The highest BCUT2D eigenvalue weighted by atomic mass is 79.9. The van der Waals surface area contributed by atoms with E-state index < -0.39 is 0 Å². The van der Waals surface area contributed by atoms with Crippen LogP contribution in [0, 0.1) is 0 Å². The zero-order valence-corrected chi connectivity index (χ0v) is 13.9. The number of pyridine rings is 1. The van der Waals surface area contributed by atoms with Crippen molar-refractivity contribution in [2.75, 3.05) is 20.1 Å². The molecule has 0 aromatic carbocycles. The molecule has 0 radical (unpaired) electrons. The molecule has 0 aliphatic carbocycles. The largest absolute Gasteiger partial charge is 0.339 e. The Kier molecular flexibility index (Phi) is 5.16. The van der Waals surface area contributed by atoms with Crippen LogP contribution in [0.15, 0.2) is 22.9 Å². The molecule has 1 aliphatic heterocycles. The van der Waals surface area contributed by atoms with Crippen LogP contribution < -0.4 is 0 Å². The predicted octanol–water partition coefficient (Wildman–Crippen LogP) is 2.79. The molecule has 20 heavy (non-hydrogen) atoms. The lowest BCUT2D eigenvalue weighted by Crippen LogP contribution is -2.47. The first-order valence-corrected chi connectivity index (χ1v) is 7.91. The number of halogens is 1. The minimum atomic E-state index is 0.0630.